The van der Waals surface area contributed by atoms with Gasteiger partial charge in [-0.25, -0.2) is 15.0 Å². The summed E-state index contributed by atoms with van der Waals surface area (Å²) in [6.45, 7) is 0. The number of hydrogen-bond donors (Lipinski definition) is 0. The molecule has 2 aromatic heterocycles. The van der Waals surface area contributed by atoms with Gasteiger partial charge < -0.3 is 4.42 Å². The Morgan fingerprint density at radius 3 is 1.63 bits per heavy atom. The van der Waals surface area contributed by atoms with Gasteiger partial charge in [0, 0.05) is 22.3 Å². The van der Waals surface area contributed by atoms with Gasteiger partial charge in [-0.05, 0) is 63.7 Å². The van der Waals surface area contributed by atoms with Crippen LogP contribution >= 0.6 is 0 Å². The summed E-state index contributed by atoms with van der Waals surface area (Å²) in [5.74, 6) is 1.30. The molecule has 52 heavy (non-hydrogen) atoms. The summed E-state index contributed by atoms with van der Waals surface area (Å²) in [5, 5.41) is 0. The van der Waals surface area contributed by atoms with Crippen LogP contribution in [0.4, 0.5) is 0 Å². The first kappa shape index (κ1) is 30.0. The number of nitrogens with zero attached hydrogens (tertiary/aromatic N) is 3. The van der Waals surface area contributed by atoms with Crippen LogP contribution in [0.3, 0.4) is 0 Å². The second kappa shape index (κ2) is 12.1. The Kier molecular flexibility index (Phi) is 7.00. The predicted octanol–water partition coefficient (Wildman–Crippen LogP) is 11.6. The highest BCUT2D eigenvalue weighted by Crippen LogP contribution is 2.58. The number of aromatic nitrogens is 3. The molecule has 0 aliphatic heterocycles. The van der Waals surface area contributed by atoms with E-state index < -0.39 is 5.41 Å². The van der Waals surface area contributed by atoms with Gasteiger partial charge in [-0.1, -0.05) is 158 Å². The molecule has 1 atom stereocenters. The van der Waals surface area contributed by atoms with E-state index in [9.17, 15) is 0 Å². The summed E-state index contributed by atoms with van der Waals surface area (Å²) in [5.41, 5.74) is 13.7. The van der Waals surface area contributed by atoms with E-state index in [-0.39, 0.29) is 0 Å². The van der Waals surface area contributed by atoms with Crippen LogP contribution in [0.1, 0.15) is 22.3 Å². The molecule has 0 saturated heterocycles. The van der Waals surface area contributed by atoms with Crippen molar-refractivity contribution in [1.82, 2.24) is 15.0 Å². The maximum atomic E-state index is 6.29. The third kappa shape index (κ3) is 4.73. The smallest absolute Gasteiger partial charge is 0.227 e. The van der Waals surface area contributed by atoms with E-state index in [0.29, 0.717) is 11.7 Å². The van der Waals surface area contributed by atoms with Crippen LogP contribution in [0.15, 0.2) is 192 Å². The molecular weight excluding hydrogens is 635 g/mol. The van der Waals surface area contributed by atoms with Crippen LogP contribution in [0.2, 0.25) is 0 Å². The van der Waals surface area contributed by atoms with E-state index in [1.54, 1.807) is 0 Å². The van der Waals surface area contributed by atoms with Crippen molar-refractivity contribution in [1.29, 1.82) is 0 Å². The zero-order valence-electron chi connectivity index (χ0n) is 28.1. The fraction of sp³-hybridized carbons (Fsp3) is 0.0208. The topological polar surface area (TPSA) is 51.8 Å². The Bertz CT molecular complexity index is 2670. The lowest BCUT2D eigenvalue weighted by atomic mass is 9.67. The molecule has 0 bridgehead atoms. The average Bonchev–Trinajstić information content (AvgIpc) is 3.80. The summed E-state index contributed by atoms with van der Waals surface area (Å²) < 4.78 is 6.29. The zero-order chi connectivity index (χ0) is 34.5. The van der Waals surface area contributed by atoms with Crippen molar-refractivity contribution in [2.75, 3.05) is 0 Å². The lowest BCUT2D eigenvalue weighted by Crippen LogP contribution is -2.28. The van der Waals surface area contributed by atoms with Crippen molar-refractivity contribution in [3.05, 3.63) is 210 Å². The Morgan fingerprint density at radius 1 is 0.404 bits per heavy atom. The maximum Gasteiger partial charge on any atom is 0.227 e. The maximum absolute atomic E-state index is 6.29. The van der Waals surface area contributed by atoms with Crippen LogP contribution in [0.5, 0.6) is 0 Å². The van der Waals surface area contributed by atoms with E-state index in [1.165, 1.54) is 16.7 Å². The second-order valence-electron chi connectivity index (χ2n) is 13.2. The minimum absolute atomic E-state index is 0.612. The van der Waals surface area contributed by atoms with Crippen molar-refractivity contribution in [2.45, 2.75) is 5.41 Å². The summed E-state index contributed by atoms with van der Waals surface area (Å²) in [6.07, 6.45) is 0. The molecule has 4 heteroatoms. The standard InChI is InChI=1S/C48H31N3O/c1-5-16-32(17-6-1)41-31-42(33-18-7-2-8-19-33)50-46(49-41)38-25-15-27-40-45(38)37-24-13-14-26-39(37)48(40,35-22-11-4-12-23-35)36-28-29-44-43(30-36)51-47(52-44)34-20-9-3-10-21-34/h1-31H. The van der Waals surface area contributed by atoms with Crippen molar-refractivity contribution in [3.63, 3.8) is 0 Å². The number of oxazole rings is 1. The molecule has 1 aliphatic rings. The number of benzene rings is 7. The molecule has 2 heterocycles. The minimum atomic E-state index is -0.636. The quantitative estimate of drug-likeness (QED) is 0.177. The first-order chi connectivity index (χ1) is 25.8. The Morgan fingerprint density at radius 2 is 0.962 bits per heavy atom. The highest BCUT2D eigenvalue weighted by molar-refractivity contribution is 5.95. The largest absolute Gasteiger partial charge is 0.436 e. The van der Waals surface area contributed by atoms with Crippen LogP contribution in [-0.2, 0) is 5.41 Å². The normalized spacial score (nSPS) is 14.6. The second-order valence-corrected chi connectivity index (χ2v) is 13.2. The molecule has 0 N–H and O–H groups in total. The monoisotopic (exact) mass is 665 g/mol. The van der Waals surface area contributed by atoms with E-state index >= 15 is 0 Å². The molecule has 7 aromatic carbocycles. The molecule has 1 aliphatic carbocycles. The van der Waals surface area contributed by atoms with Crippen LogP contribution in [-0.4, -0.2) is 15.0 Å². The first-order valence-electron chi connectivity index (χ1n) is 17.5. The Hall–Kier alpha value is -6.91. The lowest BCUT2D eigenvalue weighted by molar-refractivity contribution is 0.619. The fourth-order valence-electron chi connectivity index (χ4n) is 7.94. The average molecular weight is 666 g/mol. The fourth-order valence-corrected chi connectivity index (χ4v) is 7.94. The molecule has 0 fully saturated rings. The summed E-state index contributed by atoms with van der Waals surface area (Å²) in [7, 11) is 0. The number of rotatable bonds is 6. The van der Waals surface area contributed by atoms with Crippen LogP contribution < -0.4 is 0 Å². The Labute approximate surface area is 301 Å². The Balaban J connectivity index is 1.25. The van der Waals surface area contributed by atoms with E-state index in [0.717, 1.165) is 61.4 Å². The third-order valence-electron chi connectivity index (χ3n) is 10.2. The third-order valence-corrected chi connectivity index (χ3v) is 10.2. The molecular formula is C48H31N3O. The summed E-state index contributed by atoms with van der Waals surface area (Å²) in [4.78, 5) is 15.6. The van der Waals surface area contributed by atoms with Crippen molar-refractivity contribution >= 4 is 11.1 Å². The van der Waals surface area contributed by atoms with Gasteiger partial charge in [0.05, 0.1) is 16.8 Å². The van der Waals surface area contributed by atoms with Gasteiger partial charge in [-0.2, -0.15) is 0 Å². The van der Waals surface area contributed by atoms with Gasteiger partial charge >= 0.3 is 0 Å². The van der Waals surface area contributed by atoms with E-state index in [2.05, 4.69) is 146 Å². The molecule has 0 amide bonds. The molecule has 10 rings (SSSR count). The molecule has 0 saturated carbocycles. The highest BCUT2D eigenvalue weighted by atomic mass is 16.3. The van der Waals surface area contributed by atoms with Gasteiger partial charge in [0.15, 0.2) is 11.4 Å². The van der Waals surface area contributed by atoms with Gasteiger partial charge in [0.1, 0.15) is 5.52 Å². The number of fused-ring (bicyclic) bond motifs is 4. The molecule has 4 nitrogen and oxygen atoms in total. The van der Waals surface area contributed by atoms with E-state index in [1.807, 2.05) is 42.5 Å². The first-order valence-corrected chi connectivity index (χ1v) is 17.5. The SMILES string of the molecule is c1ccc(-c2cc(-c3ccccc3)nc(-c3cccc4c3-c3ccccc3C4(c3ccccc3)c3ccc4oc(-c5ccccc5)nc4c3)n2)cc1. The van der Waals surface area contributed by atoms with Crippen LogP contribution in [0, 0.1) is 0 Å². The predicted molar refractivity (Wildman–Crippen MR) is 209 cm³/mol. The van der Waals surface area contributed by atoms with Crippen LogP contribution in [0.25, 0.3) is 67.6 Å². The molecule has 0 spiro atoms. The van der Waals surface area contributed by atoms with Gasteiger partial charge in [0.25, 0.3) is 0 Å². The lowest BCUT2D eigenvalue weighted by Gasteiger charge is -2.33. The number of hydrogen-bond acceptors (Lipinski definition) is 4. The summed E-state index contributed by atoms with van der Waals surface area (Å²) >= 11 is 0. The molecule has 9 aromatic rings. The van der Waals surface area contributed by atoms with Gasteiger partial charge in [-0.3, -0.25) is 0 Å². The molecule has 0 radical (unpaired) electrons. The highest BCUT2D eigenvalue weighted by Gasteiger charge is 2.47. The van der Waals surface area contributed by atoms with Crippen molar-refractivity contribution in [3.8, 4) is 56.5 Å². The van der Waals surface area contributed by atoms with Gasteiger partial charge in [0.2, 0.25) is 5.89 Å². The van der Waals surface area contributed by atoms with Gasteiger partial charge in [-0.15, -0.1) is 0 Å². The van der Waals surface area contributed by atoms with E-state index in [4.69, 9.17) is 19.4 Å². The molecule has 1 unspecified atom stereocenters. The van der Waals surface area contributed by atoms with Crippen molar-refractivity contribution < 1.29 is 4.42 Å². The minimum Gasteiger partial charge on any atom is -0.436 e. The summed E-state index contributed by atoms with van der Waals surface area (Å²) in [6, 6.07) is 65.5. The zero-order valence-corrected chi connectivity index (χ0v) is 28.1. The molecule has 244 valence electrons. The van der Waals surface area contributed by atoms with Crippen molar-refractivity contribution in [2.24, 2.45) is 0 Å².